The van der Waals surface area contributed by atoms with Crippen LogP contribution in [0.2, 0.25) is 0 Å². The van der Waals surface area contributed by atoms with Crippen molar-refractivity contribution in [1.82, 2.24) is 4.90 Å². The van der Waals surface area contributed by atoms with Gasteiger partial charge in [0, 0.05) is 12.6 Å². The Morgan fingerprint density at radius 2 is 2.13 bits per heavy atom. The molecular formula is C12H20N2O. The number of rotatable bonds is 5. The Balaban J connectivity index is 2.72. The Bertz CT molecular complexity index is 276. The predicted molar refractivity (Wildman–Crippen MR) is 59.0 cm³/mol. The van der Waals surface area contributed by atoms with Gasteiger partial charge >= 0.3 is 0 Å². The number of carbonyl (C=O) groups excluding carboxylic acids is 1. The number of hydrogen-bond acceptors (Lipinski definition) is 2. The van der Waals surface area contributed by atoms with E-state index in [-0.39, 0.29) is 11.9 Å². The van der Waals surface area contributed by atoms with Crippen molar-refractivity contribution < 1.29 is 4.79 Å². The number of nitriles is 1. The lowest BCUT2D eigenvalue weighted by Crippen LogP contribution is -2.43. The molecule has 15 heavy (non-hydrogen) atoms. The van der Waals surface area contributed by atoms with Crippen LogP contribution in [0.5, 0.6) is 0 Å². The van der Waals surface area contributed by atoms with Crippen molar-refractivity contribution in [3.05, 3.63) is 0 Å². The summed E-state index contributed by atoms with van der Waals surface area (Å²) in [5.74, 6) is 0.0567. The Labute approximate surface area is 92.1 Å². The molecule has 0 aliphatic heterocycles. The van der Waals surface area contributed by atoms with Crippen LogP contribution >= 0.6 is 0 Å². The molecule has 0 aromatic carbocycles. The fourth-order valence-corrected chi connectivity index (χ4v) is 1.76. The largest absolute Gasteiger partial charge is 0.339 e. The molecule has 1 atom stereocenters. The molecule has 1 amide bonds. The maximum Gasteiger partial charge on any atom is 0.243 e. The van der Waals surface area contributed by atoms with Crippen molar-refractivity contribution in [1.29, 1.82) is 5.26 Å². The summed E-state index contributed by atoms with van der Waals surface area (Å²) in [7, 11) is 0. The SMILES string of the molecule is CCCN(C(=O)C1(C#N)CC1)C(C)CC. The van der Waals surface area contributed by atoms with Gasteiger partial charge in [0.25, 0.3) is 0 Å². The summed E-state index contributed by atoms with van der Waals surface area (Å²) >= 11 is 0. The first-order valence-corrected chi connectivity index (χ1v) is 5.83. The van der Waals surface area contributed by atoms with Crippen molar-refractivity contribution in [3.63, 3.8) is 0 Å². The van der Waals surface area contributed by atoms with Gasteiger partial charge in [-0.15, -0.1) is 0 Å². The molecule has 1 aliphatic rings. The lowest BCUT2D eigenvalue weighted by molar-refractivity contribution is -0.137. The van der Waals surface area contributed by atoms with Crippen molar-refractivity contribution in [2.75, 3.05) is 6.54 Å². The van der Waals surface area contributed by atoms with E-state index in [2.05, 4.69) is 26.8 Å². The molecule has 1 unspecified atom stereocenters. The number of carbonyl (C=O) groups is 1. The van der Waals surface area contributed by atoms with Gasteiger partial charge in [0.2, 0.25) is 5.91 Å². The van der Waals surface area contributed by atoms with Gasteiger partial charge in [0.15, 0.2) is 0 Å². The highest BCUT2D eigenvalue weighted by atomic mass is 16.2. The second-order valence-electron chi connectivity index (χ2n) is 4.45. The normalized spacial score (nSPS) is 19.1. The van der Waals surface area contributed by atoms with E-state index < -0.39 is 5.41 Å². The van der Waals surface area contributed by atoms with E-state index in [1.54, 1.807) is 0 Å². The molecule has 1 saturated carbocycles. The smallest absolute Gasteiger partial charge is 0.243 e. The molecule has 0 aromatic rings. The minimum Gasteiger partial charge on any atom is -0.339 e. The highest BCUT2D eigenvalue weighted by molar-refractivity contribution is 5.88. The Morgan fingerprint density at radius 1 is 1.53 bits per heavy atom. The zero-order valence-corrected chi connectivity index (χ0v) is 9.92. The average molecular weight is 208 g/mol. The summed E-state index contributed by atoms with van der Waals surface area (Å²) in [5.41, 5.74) is -0.654. The standard InChI is InChI=1S/C12H20N2O/c1-4-8-14(10(3)5-2)11(15)12(9-13)6-7-12/h10H,4-8H2,1-3H3. The van der Waals surface area contributed by atoms with E-state index in [4.69, 9.17) is 5.26 Å². The third-order valence-electron chi connectivity index (χ3n) is 3.22. The lowest BCUT2D eigenvalue weighted by atomic mass is 10.1. The lowest BCUT2D eigenvalue weighted by Gasteiger charge is -2.30. The summed E-state index contributed by atoms with van der Waals surface area (Å²) in [6.07, 6.45) is 3.41. The molecule has 3 nitrogen and oxygen atoms in total. The zero-order valence-electron chi connectivity index (χ0n) is 9.92. The van der Waals surface area contributed by atoms with Gasteiger partial charge in [-0.3, -0.25) is 4.79 Å². The van der Waals surface area contributed by atoms with Crippen LogP contribution < -0.4 is 0 Å². The molecule has 3 heteroatoms. The van der Waals surface area contributed by atoms with Crippen molar-refractivity contribution in [2.24, 2.45) is 5.41 Å². The van der Waals surface area contributed by atoms with Crippen LogP contribution in [0.1, 0.15) is 46.5 Å². The fourth-order valence-electron chi connectivity index (χ4n) is 1.76. The fraction of sp³-hybridized carbons (Fsp3) is 0.833. The van der Waals surface area contributed by atoms with Crippen molar-refractivity contribution in [3.8, 4) is 6.07 Å². The van der Waals surface area contributed by atoms with E-state index in [0.717, 1.165) is 32.2 Å². The van der Waals surface area contributed by atoms with Crippen LogP contribution in [0.3, 0.4) is 0 Å². The van der Waals surface area contributed by atoms with Gasteiger partial charge in [-0.1, -0.05) is 13.8 Å². The second-order valence-corrected chi connectivity index (χ2v) is 4.45. The minimum atomic E-state index is -0.654. The third-order valence-corrected chi connectivity index (χ3v) is 3.22. The van der Waals surface area contributed by atoms with Gasteiger partial charge < -0.3 is 4.90 Å². The van der Waals surface area contributed by atoms with E-state index in [0.29, 0.717) is 0 Å². The molecule has 1 rings (SSSR count). The summed E-state index contributed by atoms with van der Waals surface area (Å²) in [6, 6.07) is 2.43. The summed E-state index contributed by atoms with van der Waals surface area (Å²) in [4.78, 5) is 14.0. The highest BCUT2D eigenvalue weighted by Crippen LogP contribution is 2.46. The number of amides is 1. The second kappa shape index (κ2) is 4.65. The molecule has 0 bridgehead atoms. The summed E-state index contributed by atoms with van der Waals surface area (Å²) in [6.45, 7) is 6.97. The Hall–Kier alpha value is -1.04. The molecular weight excluding hydrogens is 188 g/mol. The highest BCUT2D eigenvalue weighted by Gasteiger charge is 2.52. The quantitative estimate of drug-likeness (QED) is 0.696. The van der Waals surface area contributed by atoms with Gasteiger partial charge in [-0.05, 0) is 32.6 Å². The van der Waals surface area contributed by atoms with Crippen molar-refractivity contribution in [2.45, 2.75) is 52.5 Å². The Morgan fingerprint density at radius 3 is 2.47 bits per heavy atom. The third kappa shape index (κ3) is 2.31. The zero-order chi connectivity index (χ0) is 11.5. The molecule has 1 aliphatic carbocycles. The maximum atomic E-state index is 12.2. The van der Waals surface area contributed by atoms with E-state index >= 15 is 0 Å². The molecule has 1 fully saturated rings. The van der Waals surface area contributed by atoms with Crippen LogP contribution in [0.4, 0.5) is 0 Å². The predicted octanol–water partition coefficient (Wildman–Crippen LogP) is 2.33. The van der Waals surface area contributed by atoms with Crippen molar-refractivity contribution >= 4 is 5.91 Å². The van der Waals surface area contributed by atoms with Crippen LogP contribution in [-0.4, -0.2) is 23.4 Å². The molecule has 0 N–H and O–H groups in total. The maximum absolute atomic E-state index is 12.2. The molecule has 0 radical (unpaired) electrons. The van der Waals surface area contributed by atoms with Gasteiger partial charge in [0.05, 0.1) is 6.07 Å². The van der Waals surface area contributed by atoms with Crippen LogP contribution in [0, 0.1) is 16.7 Å². The summed E-state index contributed by atoms with van der Waals surface area (Å²) in [5, 5.41) is 9.00. The first-order chi connectivity index (χ1) is 7.11. The summed E-state index contributed by atoms with van der Waals surface area (Å²) < 4.78 is 0. The Kier molecular flexibility index (Phi) is 3.73. The first kappa shape index (κ1) is 12.0. The van der Waals surface area contributed by atoms with Gasteiger partial charge in [-0.2, -0.15) is 5.26 Å². The minimum absolute atomic E-state index is 0.0567. The molecule has 0 aromatic heterocycles. The number of nitrogens with zero attached hydrogens (tertiary/aromatic N) is 2. The molecule has 0 heterocycles. The van der Waals surface area contributed by atoms with E-state index in [1.807, 2.05) is 4.90 Å². The van der Waals surface area contributed by atoms with Crippen LogP contribution in [-0.2, 0) is 4.79 Å². The molecule has 84 valence electrons. The van der Waals surface area contributed by atoms with Gasteiger partial charge in [0.1, 0.15) is 5.41 Å². The molecule has 0 spiro atoms. The van der Waals surface area contributed by atoms with Crippen LogP contribution in [0.15, 0.2) is 0 Å². The van der Waals surface area contributed by atoms with E-state index in [1.165, 1.54) is 0 Å². The van der Waals surface area contributed by atoms with Gasteiger partial charge in [-0.25, -0.2) is 0 Å². The molecule has 0 saturated heterocycles. The monoisotopic (exact) mass is 208 g/mol. The average Bonchev–Trinajstić information content (AvgIpc) is 3.04. The van der Waals surface area contributed by atoms with Crippen LogP contribution in [0.25, 0.3) is 0 Å². The number of hydrogen-bond donors (Lipinski definition) is 0. The topological polar surface area (TPSA) is 44.1 Å². The first-order valence-electron chi connectivity index (χ1n) is 5.83. The van der Waals surface area contributed by atoms with E-state index in [9.17, 15) is 4.79 Å².